The van der Waals surface area contributed by atoms with Gasteiger partial charge in [-0.15, -0.1) is 0 Å². The molecule has 1 fully saturated rings. The van der Waals surface area contributed by atoms with Crippen molar-refractivity contribution in [2.24, 2.45) is 0 Å². The largest absolute Gasteiger partial charge is 0.298 e. The summed E-state index contributed by atoms with van der Waals surface area (Å²) in [7, 11) is 0. The number of hydrogen-bond donors (Lipinski definition) is 1. The van der Waals surface area contributed by atoms with Gasteiger partial charge in [-0.25, -0.2) is 0 Å². The normalized spacial score (nSPS) is 23.5. The lowest BCUT2D eigenvalue weighted by Gasteiger charge is -2.42. The summed E-state index contributed by atoms with van der Waals surface area (Å²) in [4.78, 5) is 35.7. The lowest BCUT2D eigenvalue weighted by molar-refractivity contribution is -0.148. The summed E-state index contributed by atoms with van der Waals surface area (Å²) in [6, 6.07) is -0.421. The van der Waals surface area contributed by atoms with Crippen molar-refractivity contribution in [3.63, 3.8) is 0 Å². The van der Waals surface area contributed by atoms with Crippen molar-refractivity contribution in [2.75, 3.05) is 6.54 Å². The minimum atomic E-state index is -0.820. The van der Waals surface area contributed by atoms with E-state index in [1.165, 1.54) is 6.92 Å². The maximum Gasteiger partial charge on any atom is 0.246 e. The molecule has 1 N–H and O–H groups in total. The first-order chi connectivity index (χ1) is 6.76. The summed E-state index contributed by atoms with van der Waals surface area (Å²) in [6.07, 6.45) is 0. The zero-order valence-corrected chi connectivity index (χ0v) is 9.46. The van der Waals surface area contributed by atoms with Crippen LogP contribution in [0.25, 0.3) is 0 Å². The summed E-state index contributed by atoms with van der Waals surface area (Å²) >= 11 is 0. The third-order valence-corrected chi connectivity index (χ3v) is 2.90. The van der Waals surface area contributed by atoms with Gasteiger partial charge in [0.25, 0.3) is 0 Å². The predicted octanol–water partition coefficient (Wildman–Crippen LogP) is -0.299. The molecular weight excluding hydrogens is 196 g/mol. The average Bonchev–Trinajstić information content (AvgIpc) is 2.10. The molecule has 15 heavy (non-hydrogen) atoms. The fourth-order valence-electron chi connectivity index (χ4n) is 1.64. The van der Waals surface area contributed by atoms with Gasteiger partial charge in [-0.1, -0.05) is 0 Å². The molecule has 84 valence electrons. The van der Waals surface area contributed by atoms with Gasteiger partial charge in [-0.3, -0.25) is 24.6 Å². The highest BCUT2D eigenvalue weighted by Crippen LogP contribution is 2.21. The van der Waals surface area contributed by atoms with E-state index in [0.717, 1.165) is 0 Å². The van der Waals surface area contributed by atoms with Gasteiger partial charge in [0.1, 0.15) is 5.78 Å². The van der Waals surface area contributed by atoms with Crippen molar-refractivity contribution in [3.8, 4) is 0 Å². The molecule has 1 saturated heterocycles. The number of Topliss-reactive ketones (excluding diaryl/α,β-unsaturated/α-hetero) is 1. The average molecular weight is 212 g/mol. The number of piperazine rings is 1. The second-order valence-corrected chi connectivity index (χ2v) is 4.35. The molecule has 5 nitrogen and oxygen atoms in total. The molecule has 5 heteroatoms. The number of ketones is 1. The number of imide groups is 1. The van der Waals surface area contributed by atoms with E-state index >= 15 is 0 Å². The van der Waals surface area contributed by atoms with Crippen LogP contribution >= 0.6 is 0 Å². The van der Waals surface area contributed by atoms with Crippen molar-refractivity contribution in [3.05, 3.63) is 0 Å². The quantitative estimate of drug-likeness (QED) is 0.638. The van der Waals surface area contributed by atoms with Crippen LogP contribution in [0.2, 0.25) is 0 Å². The Kier molecular flexibility index (Phi) is 2.95. The first kappa shape index (κ1) is 11.8. The Hall–Kier alpha value is -1.23. The third kappa shape index (κ3) is 2.07. The van der Waals surface area contributed by atoms with Crippen LogP contribution in [0.1, 0.15) is 27.7 Å². The lowest BCUT2D eigenvalue weighted by Crippen LogP contribution is -2.66. The van der Waals surface area contributed by atoms with Gasteiger partial charge < -0.3 is 0 Å². The van der Waals surface area contributed by atoms with Gasteiger partial charge in [-0.05, 0) is 27.7 Å². The van der Waals surface area contributed by atoms with E-state index in [-0.39, 0.29) is 24.1 Å². The maximum absolute atomic E-state index is 11.6. The Bertz CT molecular complexity index is 323. The summed E-state index contributed by atoms with van der Waals surface area (Å²) in [6.45, 7) is 6.65. The summed E-state index contributed by atoms with van der Waals surface area (Å²) in [5, 5.41) is 2.26. The van der Waals surface area contributed by atoms with E-state index in [9.17, 15) is 14.4 Å². The van der Waals surface area contributed by atoms with Crippen LogP contribution in [0.15, 0.2) is 0 Å². The van der Waals surface area contributed by atoms with Crippen LogP contribution in [-0.2, 0) is 14.4 Å². The van der Waals surface area contributed by atoms with E-state index in [1.807, 2.05) is 0 Å². The van der Waals surface area contributed by atoms with Crippen LogP contribution in [0.4, 0.5) is 0 Å². The fraction of sp³-hybridized carbons (Fsp3) is 0.700. The zero-order chi connectivity index (χ0) is 11.8. The second-order valence-electron chi connectivity index (χ2n) is 4.35. The molecule has 0 spiro atoms. The predicted molar refractivity (Wildman–Crippen MR) is 54.1 cm³/mol. The van der Waals surface area contributed by atoms with Crippen LogP contribution in [0, 0.1) is 0 Å². The van der Waals surface area contributed by atoms with Crippen molar-refractivity contribution >= 4 is 17.6 Å². The van der Waals surface area contributed by atoms with E-state index < -0.39 is 11.6 Å². The number of nitrogens with one attached hydrogen (secondary N) is 1. The Morgan fingerprint density at radius 3 is 2.47 bits per heavy atom. The van der Waals surface area contributed by atoms with Crippen molar-refractivity contribution in [2.45, 2.75) is 39.3 Å². The van der Waals surface area contributed by atoms with E-state index in [0.29, 0.717) is 0 Å². The monoisotopic (exact) mass is 212 g/mol. The van der Waals surface area contributed by atoms with Gasteiger partial charge >= 0.3 is 0 Å². The molecule has 2 amide bonds. The van der Waals surface area contributed by atoms with Crippen molar-refractivity contribution in [1.29, 1.82) is 0 Å². The molecule has 0 saturated carbocycles. The minimum Gasteiger partial charge on any atom is -0.298 e. The van der Waals surface area contributed by atoms with Gasteiger partial charge in [0, 0.05) is 0 Å². The molecule has 1 atom stereocenters. The van der Waals surface area contributed by atoms with E-state index in [4.69, 9.17) is 0 Å². The van der Waals surface area contributed by atoms with Crippen molar-refractivity contribution < 1.29 is 14.4 Å². The van der Waals surface area contributed by atoms with Crippen molar-refractivity contribution in [1.82, 2.24) is 10.2 Å². The van der Waals surface area contributed by atoms with Crippen LogP contribution in [0.3, 0.4) is 0 Å². The molecule has 0 aliphatic carbocycles. The Labute approximate surface area is 88.8 Å². The van der Waals surface area contributed by atoms with Gasteiger partial charge in [-0.2, -0.15) is 0 Å². The molecule has 1 unspecified atom stereocenters. The fourth-order valence-corrected chi connectivity index (χ4v) is 1.64. The maximum atomic E-state index is 11.6. The Balaban J connectivity index is 2.98. The third-order valence-electron chi connectivity index (χ3n) is 2.90. The summed E-state index contributed by atoms with van der Waals surface area (Å²) in [5.41, 5.74) is -0.820. The van der Waals surface area contributed by atoms with Gasteiger partial charge in [0.05, 0.1) is 18.1 Å². The van der Waals surface area contributed by atoms with E-state index in [2.05, 4.69) is 5.32 Å². The Morgan fingerprint density at radius 2 is 2.00 bits per heavy atom. The SMILES string of the molecule is CC(=O)C(C)N1CC(=O)NC(=O)C1(C)C. The highest BCUT2D eigenvalue weighted by molar-refractivity contribution is 6.03. The molecule has 0 bridgehead atoms. The van der Waals surface area contributed by atoms with Gasteiger partial charge in [0.15, 0.2) is 0 Å². The molecular formula is C10H16N2O3. The lowest BCUT2D eigenvalue weighted by atomic mass is 9.95. The summed E-state index contributed by atoms with van der Waals surface area (Å²) in [5.74, 6) is -0.759. The number of carbonyl (C=O) groups is 3. The zero-order valence-electron chi connectivity index (χ0n) is 9.46. The molecule has 1 rings (SSSR count). The smallest absolute Gasteiger partial charge is 0.246 e. The molecule has 1 aliphatic heterocycles. The van der Waals surface area contributed by atoms with Crippen LogP contribution < -0.4 is 5.32 Å². The first-order valence-corrected chi connectivity index (χ1v) is 4.88. The molecule has 0 radical (unpaired) electrons. The number of hydrogen-bond acceptors (Lipinski definition) is 4. The number of nitrogens with zero attached hydrogens (tertiary/aromatic N) is 1. The topological polar surface area (TPSA) is 66.5 Å². The standard InChI is InChI=1S/C10H16N2O3/c1-6(7(2)13)12-5-8(14)11-9(15)10(12,3)4/h6H,5H2,1-4H3,(H,11,14,15). The highest BCUT2D eigenvalue weighted by atomic mass is 16.2. The number of rotatable bonds is 2. The Morgan fingerprint density at radius 1 is 1.47 bits per heavy atom. The van der Waals surface area contributed by atoms with Gasteiger partial charge in [0.2, 0.25) is 11.8 Å². The van der Waals surface area contributed by atoms with Crippen LogP contribution in [-0.4, -0.2) is 40.6 Å². The minimum absolute atomic E-state index is 0.0504. The number of carbonyl (C=O) groups excluding carboxylic acids is 3. The molecule has 0 aromatic rings. The molecule has 1 heterocycles. The first-order valence-electron chi connectivity index (χ1n) is 4.88. The molecule has 1 aliphatic rings. The molecule has 0 aromatic heterocycles. The molecule has 0 aromatic carbocycles. The van der Waals surface area contributed by atoms with Crippen LogP contribution in [0.5, 0.6) is 0 Å². The number of amides is 2. The summed E-state index contributed by atoms with van der Waals surface area (Å²) < 4.78 is 0. The van der Waals surface area contributed by atoms with E-state index in [1.54, 1.807) is 25.7 Å². The second kappa shape index (κ2) is 3.73. The highest BCUT2D eigenvalue weighted by Gasteiger charge is 2.43.